The molecule has 162 valence electrons. The fourth-order valence-electron chi connectivity index (χ4n) is 3.38. The van der Waals surface area contributed by atoms with Gasteiger partial charge >= 0.3 is 0 Å². The number of carbonyl (C=O) groups excluding carboxylic acids is 1. The average molecular weight is 441 g/mol. The largest absolute Gasteiger partial charge is 0.378 e. The molecule has 1 aliphatic heterocycles. The Morgan fingerprint density at radius 3 is 2.55 bits per heavy atom. The zero-order valence-corrected chi connectivity index (χ0v) is 17.8. The number of nitrogens with zero attached hydrogens (tertiary/aromatic N) is 2. The molecule has 31 heavy (non-hydrogen) atoms. The summed E-state index contributed by atoms with van der Waals surface area (Å²) in [6, 6.07) is 16.1. The maximum atomic E-state index is 12.5. The van der Waals surface area contributed by atoms with Gasteiger partial charge in [-0.2, -0.15) is 0 Å². The van der Waals surface area contributed by atoms with E-state index in [2.05, 4.69) is 19.9 Å². The lowest BCUT2D eigenvalue weighted by Crippen LogP contribution is -2.36. The number of anilines is 2. The summed E-state index contributed by atoms with van der Waals surface area (Å²) in [6.45, 7) is 2.93. The molecular formula is C22H24N4O4S. The minimum absolute atomic E-state index is 0.000281. The molecule has 0 saturated carbocycles. The minimum Gasteiger partial charge on any atom is -0.378 e. The van der Waals surface area contributed by atoms with Gasteiger partial charge in [-0.1, -0.05) is 30.3 Å². The van der Waals surface area contributed by atoms with Gasteiger partial charge in [-0.3, -0.25) is 4.79 Å². The van der Waals surface area contributed by atoms with E-state index in [1.54, 1.807) is 30.5 Å². The van der Waals surface area contributed by atoms with E-state index in [0.717, 1.165) is 29.7 Å². The zero-order valence-electron chi connectivity index (χ0n) is 17.0. The molecule has 1 amide bonds. The maximum absolute atomic E-state index is 12.5. The number of aromatic nitrogens is 1. The van der Waals surface area contributed by atoms with Crippen LogP contribution in [0.25, 0.3) is 10.8 Å². The van der Waals surface area contributed by atoms with Crippen molar-refractivity contribution in [3.8, 4) is 0 Å². The van der Waals surface area contributed by atoms with Crippen molar-refractivity contribution < 1.29 is 17.9 Å². The Morgan fingerprint density at radius 2 is 1.81 bits per heavy atom. The summed E-state index contributed by atoms with van der Waals surface area (Å²) in [5, 5.41) is 4.55. The lowest BCUT2D eigenvalue weighted by molar-refractivity contribution is -0.116. The molecule has 2 N–H and O–H groups in total. The monoisotopic (exact) mass is 440 g/mol. The van der Waals surface area contributed by atoms with E-state index in [9.17, 15) is 13.2 Å². The Bertz CT molecular complexity index is 1160. The highest BCUT2D eigenvalue weighted by Crippen LogP contribution is 2.19. The Labute approximate surface area is 181 Å². The van der Waals surface area contributed by atoms with Gasteiger partial charge in [-0.25, -0.2) is 18.1 Å². The first-order valence-electron chi connectivity index (χ1n) is 10.1. The van der Waals surface area contributed by atoms with Gasteiger partial charge in [0, 0.05) is 26.1 Å². The SMILES string of the molecule is O=C(CCNS(=O)(=O)c1ccc2ccccc2c1)Nc1ccc(N2CCOCC2)nc1. The first kappa shape index (κ1) is 21.2. The van der Waals surface area contributed by atoms with Crippen LogP contribution in [0.1, 0.15) is 6.42 Å². The Morgan fingerprint density at radius 1 is 1.03 bits per heavy atom. The number of hydrogen-bond acceptors (Lipinski definition) is 6. The second-order valence-electron chi connectivity index (χ2n) is 7.21. The smallest absolute Gasteiger partial charge is 0.240 e. The molecule has 2 heterocycles. The summed E-state index contributed by atoms with van der Waals surface area (Å²) in [7, 11) is -3.70. The highest BCUT2D eigenvalue weighted by molar-refractivity contribution is 7.89. The van der Waals surface area contributed by atoms with Crippen molar-refractivity contribution in [3.05, 3.63) is 60.8 Å². The summed E-state index contributed by atoms with van der Waals surface area (Å²) in [5.41, 5.74) is 0.569. The van der Waals surface area contributed by atoms with E-state index < -0.39 is 10.0 Å². The van der Waals surface area contributed by atoms with E-state index in [1.807, 2.05) is 30.3 Å². The molecule has 1 fully saturated rings. The highest BCUT2D eigenvalue weighted by atomic mass is 32.2. The van der Waals surface area contributed by atoms with E-state index in [-0.39, 0.29) is 23.8 Å². The standard InChI is InChI=1S/C22H24N4O4S/c27-22(25-19-6-8-21(23-16-19)26-11-13-30-14-12-26)9-10-24-31(28,29)20-7-5-17-3-1-2-4-18(17)15-20/h1-8,15-16,24H,9-14H2,(H,25,27). The van der Waals surface area contributed by atoms with Gasteiger partial charge in [0.1, 0.15) is 5.82 Å². The van der Waals surface area contributed by atoms with Crippen molar-refractivity contribution in [2.75, 3.05) is 43.1 Å². The summed E-state index contributed by atoms with van der Waals surface area (Å²) in [5.74, 6) is 0.548. The molecule has 9 heteroatoms. The van der Waals surface area contributed by atoms with Gasteiger partial charge in [0.2, 0.25) is 15.9 Å². The normalized spacial score (nSPS) is 14.5. The molecule has 0 radical (unpaired) electrons. The third kappa shape index (κ3) is 5.38. The summed E-state index contributed by atoms with van der Waals surface area (Å²) in [4.78, 5) is 18.9. The lowest BCUT2D eigenvalue weighted by Gasteiger charge is -2.27. The van der Waals surface area contributed by atoms with Crippen LogP contribution in [0.4, 0.5) is 11.5 Å². The first-order valence-corrected chi connectivity index (χ1v) is 11.6. The molecule has 1 saturated heterocycles. The van der Waals surface area contributed by atoms with Crippen LogP contribution in [-0.4, -0.2) is 52.2 Å². The van der Waals surface area contributed by atoms with Crippen LogP contribution in [0.3, 0.4) is 0 Å². The van der Waals surface area contributed by atoms with Gasteiger partial charge in [-0.05, 0) is 35.0 Å². The molecule has 0 spiro atoms. The number of morpholine rings is 1. The van der Waals surface area contributed by atoms with Crippen LogP contribution in [0, 0.1) is 0 Å². The summed E-state index contributed by atoms with van der Waals surface area (Å²) in [6.07, 6.45) is 1.61. The Kier molecular flexibility index (Phi) is 6.45. The van der Waals surface area contributed by atoms with Crippen LogP contribution < -0.4 is 14.9 Å². The maximum Gasteiger partial charge on any atom is 0.240 e. The number of benzene rings is 2. The van der Waals surface area contributed by atoms with Gasteiger partial charge in [0.25, 0.3) is 0 Å². The molecule has 0 unspecified atom stereocenters. The lowest BCUT2D eigenvalue weighted by atomic mass is 10.1. The molecule has 0 bridgehead atoms. The number of pyridine rings is 1. The van der Waals surface area contributed by atoms with Crippen molar-refractivity contribution in [2.24, 2.45) is 0 Å². The molecule has 0 aliphatic carbocycles. The number of amides is 1. The van der Waals surface area contributed by atoms with E-state index >= 15 is 0 Å². The van der Waals surface area contributed by atoms with Crippen molar-refractivity contribution in [1.29, 1.82) is 0 Å². The predicted molar refractivity (Wildman–Crippen MR) is 120 cm³/mol. The van der Waals surface area contributed by atoms with E-state index in [4.69, 9.17) is 4.74 Å². The molecule has 2 aromatic carbocycles. The van der Waals surface area contributed by atoms with E-state index in [1.165, 1.54) is 0 Å². The summed E-state index contributed by atoms with van der Waals surface area (Å²) < 4.78 is 32.9. The zero-order chi connectivity index (χ0) is 21.7. The van der Waals surface area contributed by atoms with E-state index in [0.29, 0.717) is 18.9 Å². The molecule has 1 aromatic heterocycles. The number of nitrogens with one attached hydrogen (secondary N) is 2. The topological polar surface area (TPSA) is 101 Å². The minimum atomic E-state index is -3.70. The van der Waals surface area contributed by atoms with Gasteiger partial charge in [-0.15, -0.1) is 0 Å². The average Bonchev–Trinajstić information content (AvgIpc) is 2.79. The molecular weight excluding hydrogens is 416 g/mol. The van der Waals surface area contributed by atoms with Crippen LogP contribution in [0.2, 0.25) is 0 Å². The number of carbonyl (C=O) groups is 1. The quantitative estimate of drug-likeness (QED) is 0.585. The van der Waals surface area contributed by atoms with Gasteiger partial charge < -0.3 is 15.0 Å². The molecule has 3 aromatic rings. The fourth-order valence-corrected chi connectivity index (χ4v) is 4.45. The van der Waals surface area contributed by atoms with Crippen LogP contribution >= 0.6 is 0 Å². The summed E-state index contributed by atoms with van der Waals surface area (Å²) >= 11 is 0. The fraction of sp³-hybridized carbons (Fsp3) is 0.273. The first-order chi connectivity index (χ1) is 15.0. The van der Waals surface area contributed by atoms with Crippen molar-refractivity contribution >= 4 is 38.2 Å². The van der Waals surface area contributed by atoms with Crippen molar-refractivity contribution in [2.45, 2.75) is 11.3 Å². The van der Waals surface area contributed by atoms with Gasteiger partial charge in [0.15, 0.2) is 0 Å². The molecule has 1 aliphatic rings. The number of hydrogen-bond donors (Lipinski definition) is 2. The molecule has 4 rings (SSSR count). The third-order valence-corrected chi connectivity index (χ3v) is 6.50. The third-order valence-electron chi connectivity index (χ3n) is 5.04. The van der Waals surface area contributed by atoms with Crippen molar-refractivity contribution in [3.63, 3.8) is 0 Å². The predicted octanol–water partition coefficient (Wildman–Crippen LogP) is 2.38. The van der Waals surface area contributed by atoms with Crippen LogP contribution in [0.15, 0.2) is 65.7 Å². The Hall–Kier alpha value is -3.01. The second-order valence-corrected chi connectivity index (χ2v) is 8.98. The highest BCUT2D eigenvalue weighted by Gasteiger charge is 2.15. The second kappa shape index (κ2) is 9.42. The number of ether oxygens (including phenoxy) is 1. The number of rotatable bonds is 7. The number of fused-ring (bicyclic) bond motifs is 1. The number of sulfonamides is 1. The molecule has 8 nitrogen and oxygen atoms in total. The van der Waals surface area contributed by atoms with Crippen molar-refractivity contribution in [1.82, 2.24) is 9.71 Å². The molecule has 0 atom stereocenters. The van der Waals surface area contributed by atoms with Crippen LogP contribution in [0.5, 0.6) is 0 Å². The van der Waals surface area contributed by atoms with Crippen LogP contribution in [-0.2, 0) is 19.6 Å². The van der Waals surface area contributed by atoms with Gasteiger partial charge in [0.05, 0.1) is 30.0 Å². The Balaban J connectivity index is 1.29.